The molecule has 0 radical (unpaired) electrons. The molecule has 0 aliphatic rings. The van der Waals surface area contributed by atoms with Crippen LogP contribution in [-0.2, 0) is 28.4 Å². The molecule has 0 amide bonds. The summed E-state index contributed by atoms with van der Waals surface area (Å²) in [6.45, 7) is 7.27. The number of hydrogen-bond donors (Lipinski definition) is 2. The van der Waals surface area contributed by atoms with E-state index in [9.17, 15) is 8.42 Å². The summed E-state index contributed by atoms with van der Waals surface area (Å²) in [6.07, 6.45) is 3.29. The lowest BCUT2D eigenvalue weighted by Gasteiger charge is -2.05. The van der Waals surface area contributed by atoms with Gasteiger partial charge in [0, 0.05) is 45.2 Å². The van der Waals surface area contributed by atoms with E-state index in [4.69, 9.17) is 4.74 Å². The molecule has 7 heteroatoms. The highest BCUT2D eigenvalue weighted by Crippen LogP contribution is 2.13. The lowest BCUT2D eigenvalue weighted by Crippen LogP contribution is -2.25. The van der Waals surface area contributed by atoms with Crippen LogP contribution < -0.4 is 10.0 Å². The van der Waals surface area contributed by atoms with Gasteiger partial charge < -0.3 is 14.6 Å². The van der Waals surface area contributed by atoms with Gasteiger partial charge in [-0.1, -0.05) is 13.8 Å². The molecule has 1 aromatic heterocycles. The number of nitrogens with zero attached hydrogens (tertiary/aromatic N) is 1. The number of aromatic nitrogens is 1. The molecule has 0 aromatic carbocycles. The second kappa shape index (κ2) is 9.19. The van der Waals surface area contributed by atoms with Crippen LogP contribution in [0.3, 0.4) is 0 Å². The molecule has 0 saturated heterocycles. The number of hydrogen-bond acceptors (Lipinski definition) is 4. The van der Waals surface area contributed by atoms with E-state index in [1.165, 1.54) is 0 Å². The van der Waals surface area contributed by atoms with E-state index in [2.05, 4.69) is 10.0 Å². The van der Waals surface area contributed by atoms with Gasteiger partial charge >= 0.3 is 0 Å². The minimum atomic E-state index is -3.43. The smallest absolute Gasteiger partial charge is 0.242 e. The molecule has 1 aromatic rings. The lowest BCUT2D eigenvalue weighted by atomic mass is 10.4. The highest BCUT2D eigenvalue weighted by atomic mass is 32.2. The molecule has 1 heterocycles. The van der Waals surface area contributed by atoms with Gasteiger partial charge in [0.25, 0.3) is 0 Å². The maximum atomic E-state index is 12.2. The second-order valence-corrected chi connectivity index (χ2v) is 6.69. The van der Waals surface area contributed by atoms with Crippen molar-refractivity contribution in [1.82, 2.24) is 14.6 Å². The predicted octanol–water partition coefficient (Wildman–Crippen LogP) is 1.23. The summed E-state index contributed by atoms with van der Waals surface area (Å²) in [7, 11) is -1.58. The van der Waals surface area contributed by atoms with Crippen molar-refractivity contribution < 1.29 is 13.2 Å². The molecular weight excluding hydrogens is 290 g/mol. The Kier molecular flexibility index (Phi) is 7.95. The van der Waals surface area contributed by atoms with Crippen molar-refractivity contribution in [1.29, 1.82) is 0 Å². The van der Waals surface area contributed by atoms with Crippen LogP contribution >= 0.6 is 0 Å². The Labute approximate surface area is 127 Å². The summed E-state index contributed by atoms with van der Waals surface area (Å²) in [6, 6.07) is 1.71. The van der Waals surface area contributed by atoms with Crippen LogP contribution in [-0.4, -0.2) is 39.3 Å². The van der Waals surface area contributed by atoms with Gasteiger partial charge in [-0.2, -0.15) is 0 Å². The third-order valence-electron chi connectivity index (χ3n) is 3.06. The summed E-state index contributed by atoms with van der Waals surface area (Å²) in [5.41, 5.74) is 0.948. The Balaban J connectivity index is 2.50. The molecule has 0 saturated carbocycles. The second-order valence-electron chi connectivity index (χ2n) is 4.92. The SMILES string of the molecule is CCCOCCCNS(=O)(=O)c1cc(CNCC)n(C)c1. The molecule has 0 unspecified atom stereocenters. The van der Waals surface area contributed by atoms with E-state index in [0.29, 0.717) is 31.0 Å². The third kappa shape index (κ3) is 6.17. The fourth-order valence-corrected chi connectivity index (χ4v) is 3.03. The number of rotatable bonds is 11. The minimum absolute atomic E-state index is 0.312. The van der Waals surface area contributed by atoms with Crippen molar-refractivity contribution in [3.63, 3.8) is 0 Å². The van der Waals surface area contributed by atoms with Crippen LogP contribution in [0.4, 0.5) is 0 Å². The van der Waals surface area contributed by atoms with Gasteiger partial charge in [0.05, 0.1) is 4.90 Å². The predicted molar refractivity (Wildman–Crippen MR) is 83.7 cm³/mol. The van der Waals surface area contributed by atoms with E-state index in [1.807, 2.05) is 25.5 Å². The minimum Gasteiger partial charge on any atom is -0.381 e. The normalized spacial score (nSPS) is 12.0. The molecule has 6 nitrogen and oxygen atoms in total. The monoisotopic (exact) mass is 317 g/mol. The van der Waals surface area contributed by atoms with Crippen molar-refractivity contribution >= 4 is 10.0 Å². The molecule has 0 bridgehead atoms. The molecule has 0 atom stereocenters. The van der Waals surface area contributed by atoms with E-state index < -0.39 is 10.0 Å². The van der Waals surface area contributed by atoms with E-state index in [0.717, 1.165) is 25.3 Å². The summed E-state index contributed by atoms with van der Waals surface area (Å²) >= 11 is 0. The Morgan fingerprint density at radius 2 is 2.05 bits per heavy atom. The van der Waals surface area contributed by atoms with Gasteiger partial charge in [-0.3, -0.25) is 0 Å². The van der Waals surface area contributed by atoms with Crippen LogP contribution in [0.25, 0.3) is 0 Å². The number of ether oxygens (including phenoxy) is 1. The van der Waals surface area contributed by atoms with Gasteiger partial charge in [0.2, 0.25) is 10.0 Å². The van der Waals surface area contributed by atoms with Gasteiger partial charge in [-0.25, -0.2) is 13.1 Å². The highest BCUT2D eigenvalue weighted by molar-refractivity contribution is 7.89. The van der Waals surface area contributed by atoms with Gasteiger partial charge in [0.15, 0.2) is 0 Å². The Morgan fingerprint density at radius 1 is 1.29 bits per heavy atom. The molecule has 21 heavy (non-hydrogen) atoms. The largest absolute Gasteiger partial charge is 0.381 e. The molecule has 0 aliphatic carbocycles. The van der Waals surface area contributed by atoms with E-state index in [1.54, 1.807) is 12.3 Å². The van der Waals surface area contributed by atoms with Crippen LogP contribution in [0.15, 0.2) is 17.2 Å². The zero-order valence-corrected chi connectivity index (χ0v) is 14.0. The summed E-state index contributed by atoms with van der Waals surface area (Å²) in [5, 5.41) is 3.19. The van der Waals surface area contributed by atoms with Crippen molar-refractivity contribution in [2.45, 2.75) is 38.1 Å². The summed E-state index contributed by atoms with van der Waals surface area (Å²) in [4.78, 5) is 0.312. The molecule has 2 N–H and O–H groups in total. The van der Waals surface area contributed by atoms with Gasteiger partial charge in [-0.05, 0) is 25.5 Å². The maximum absolute atomic E-state index is 12.2. The Hall–Kier alpha value is -0.890. The van der Waals surface area contributed by atoms with Gasteiger partial charge in [0.1, 0.15) is 0 Å². The van der Waals surface area contributed by atoms with Crippen LogP contribution in [0, 0.1) is 0 Å². The average molecular weight is 317 g/mol. The Bertz CT molecular complexity index is 512. The number of nitrogens with one attached hydrogen (secondary N) is 2. The molecule has 0 fully saturated rings. The van der Waals surface area contributed by atoms with Crippen molar-refractivity contribution in [2.24, 2.45) is 7.05 Å². The average Bonchev–Trinajstić information content (AvgIpc) is 2.82. The van der Waals surface area contributed by atoms with E-state index >= 15 is 0 Å². The van der Waals surface area contributed by atoms with Crippen LogP contribution in [0.2, 0.25) is 0 Å². The van der Waals surface area contributed by atoms with E-state index in [-0.39, 0.29) is 0 Å². The zero-order chi connectivity index (χ0) is 15.7. The number of sulfonamides is 1. The quantitative estimate of drug-likeness (QED) is 0.602. The first-order valence-corrected chi connectivity index (χ1v) is 8.93. The first kappa shape index (κ1) is 18.2. The molecule has 1 rings (SSSR count). The molecule has 0 spiro atoms. The van der Waals surface area contributed by atoms with Crippen molar-refractivity contribution in [2.75, 3.05) is 26.3 Å². The zero-order valence-electron chi connectivity index (χ0n) is 13.2. The molecule has 122 valence electrons. The maximum Gasteiger partial charge on any atom is 0.242 e. The standard InChI is InChI=1S/C14H27N3O3S/c1-4-8-20-9-6-7-16-21(18,19)14-10-13(11-15-5-2)17(3)12-14/h10,12,15-16H,4-9,11H2,1-3H3. The fourth-order valence-electron chi connectivity index (χ4n) is 1.86. The molecular formula is C14H27N3O3S. The van der Waals surface area contributed by atoms with Crippen LogP contribution in [0.1, 0.15) is 32.4 Å². The molecule has 0 aliphatic heterocycles. The van der Waals surface area contributed by atoms with Crippen molar-refractivity contribution in [3.05, 3.63) is 18.0 Å². The number of aryl methyl sites for hydroxylation is 1. The Morgan fingerprint density at radius 3 is 2.71 bits per heavy atom. The summed E-state index contributed by atoms with van der Waals surface area (Å²) < 4.78 is 34.1. The lowest BCUT2D eigenvalue weighted by molar-refractivity contribution is 0.133. The third-order valence-corrected chi connectivity index (χ3v) is 4.48. The van der Waals surface area contributed by atoms with Crippen molar-refractivity contribution in [3.8, 4) is 0 Å². The topological polar surface area (TPSA) is 72.4 Å². The first-order chi connectivity index (χ1) is 10.0. The first-order valence-electron chi connectivity index (χ1n) is 7.44. The fraction of sp³-hybridized carbons (Fsp3) is 0.714. The summed E-state index contributed by atoms with van der Waals surface area (Å²) in [5.74, 6) is 0. The van der Waals surface area contributed by atoms with Crippen LogP contribution in [0.5, 0.6) is 0 Å². The highest BCUT2D eigenvalue weighted by Gasteiger charge is 2.16. The van der Waals surface area contributed by atoms with Gasteiger partial charge in [-0.15, -0.1) is 0 Å².